The Balaban J connectivity index is 2.07. The van der Waals surface area contributed by atoms with Crippen LogP contribution in [0.2, 0.25) is 0 Å². The first kappa shape index (κ1) is 16.7. The summed E-state index contributed by atoms with van der Waals surface area (Å²) < 4.78 is 0. The second kappa shape index (κ2) is 7.05. The number of aryl methyl sites for hydroxylation is 1. The smallest absolute Gasteiger partial charge is 0.320 e. The lowest BCUT2D eigenvalue weighted by molar-refractivity contribution is -0.143. The Hall–Kier alpha value is -1.69. The fourth-order valence-electron chi connectivity index (χ4n) is 2.85. The second-order valence-corrected chi connectivity index (χ2v) is 6.17. The van der Waals surface area contributed by atoms with Crippen LogP contribution in [0.25, 0.3) is 0 Å². The van der Waals surface area contributed by atoms with E-state index in [-0.39, 0.29) is 6.04 Å². The van der Waals surface area contributed by atoms with E-state index in [9.17, 15) is 9.90 Å². The van der Waals surface area contributed by atoms with Crippen molar-refractivity contribution >= 4 is 11.8 Å². The van der Waals surface area contributed by atoms with Crippen molar-refractivity contribution in [2.45, 2.75) is 46.1 Å². The van der Waals surface area contributed by atoms with Gasteiger partial charge in [0.2, 0.25) is 0 Å². The van der Waals surface area contributed by atoms with E-state index < -0.39 is 5.97 Å². The summed E-state index contributed by atoms with van der Waals surface area (Å²) in [4.78, 5) is 24.7. The van der Waals surface area contributed by atoms with Crippen LogP contribution in [-0.2, 0) is 4.79 Å². The van der Waals surface area contributed by atoms with Crippen molar-refractivity contribution < 1.29 is 9.90 Å². The Labute approximate surface area is 132 Å². The zero-order chi connectivity index (χ0) is 16.3. The Morgan fingerprint density at radius 2 is 1.91 bits per heavy atom. The molecule has 0 amide bonds. The molecule has 1 atom stereocenters. The van der Waals surface area contributed by atoms with E-state index in [1.807, 2.05) is 19.9 Å². The number of hydrogen-bond donors (Lipinski definition) is 1. The molecule has 0 saturated carbocycles. The summed E-state index contributed by atoms with van der Waals surface area (Å²) >= 11 is 0. The molecule has 1 unspecified atom stereocenters. The highest BCUT2D eigenvalue weighted by Gasteiger charge is 2.28. The normalized spacial score (nSPS) is 17.8. The van der Waals surface area contributed by atoms with Gasteiger partial charge in [-0.05, 0) is 13.3 Å². The summed E-state index contributed by atoms with van der Waals surface area (Å²) in [5.41, 5.74) is 0.980. The van der Waals surface area contributed by atoms with E-state index in [4.69, 9.17) is 0 Å². The number of piperazine rings is 1. The third kappa shape index (κ3) is 3.74. The van der Waals surface area contributed by atoms with Crippen LogP contribution in [0.5, 0.6) is 0 Å². The van der Waals surface area contributed by atoms with Gasteiger partial charge in [-0.15, -0.1) is 0 Å². The van der Waals surface area contributed by atoms with Gasteiger partial charge in [-0.25, -0.2) is 9.97 Å². The Morgan fingerprint density at radius 3 is 2.41 bits per heavy atom. The third-order valence-electron chi connectivity index (χ3n) is 4.13. The van der Waals surface area contributed by atoms with Gasteiger partial charge in [0, 0.05) is 43.9 Å². The summed E-state index contributed by atoms with van der Waals surface area (Å²) in [6.45, 7) is 11.2. The van der Waals surface area contributed by atoms with Gasteiger partial charge in [0.15, 0.2) is 0 Å². The molecule has 6 nitrogen and oxygen atoms in total. The first-order valence-electron chi connectivity index (χ1n) is 7.99. The minimum Gasteiger partial charge on any atom is -0.480 e. The molecule has 2 heterocycles. The first-order valence-corrected chi connectivity index (χ1v) is 7.99. The Bertz CT molecular complexity index is 525. The molecular formula is C16H26N4O2. The molecule has 122 valence electrons. The number of carbonyl (C=O) groups is 1. The second-order valence-electron chi connectivity index (χ2n) is 6.17. The van der Waals surface area contributed by atoms with Crippen LogP contribution < -0.4 is 4.90 Å². The van der Waals surface area contributed by atoms with Crippen LogP contribution in [-0.4, -0.2) is 58.2 Å². The number of carboxylic acids is 1. The largest absolute Gasteiger partial charge is 0.480 e. The molecule has 1 aliphatic heterocycles. The number of aromatic nitrogens is 2. The number of anilines is 1. The molecule has 0 aromatic carbocycles. The molecule has 22 heavy (non-hydrogen) atoms. The fourth-order valence-corrected chi connectivity index (χ4v) is 2.85. The highest BCUT2D eigenvalue weighted by Crippen LogP contribution is 2.19. The molecular weight excluding hydrogens is 280 g/mol. The van der Waals surface area contributed by atoms with Gasteiger partial charge in [0.25, 0.3) is 0 Å². The summed E-state index contributed by atoms with van der Waals surface area (Å²) in [5.74, 6) is 1.40. The summed E-state index contributed by atoms with van der Waals surface area (Å²) in [6, 6.07) is 1.64. The maximum Gasteiger partial charge on any atom is 0.320 e. The van der Waals surface area contributed by atoms with Crippen LogP contribution in [0, 0.1) is 6.92 Å². The molecule has 0 aliphatic carbocycles. The number of carboxylic acid groups (broad SMARTS) is 1. The topological polar surface area (TPSA) is 69.6 Å². The van der Waals surface area contributed by atoms with E-state index in [2.05, 4.69) is 33.6 Å². The SMILES string of the molecule is CCC(C(=O)O)N1CCN(c2cc(C)nc(C(C)C)n2)CC1. The first-order chi connectivity index (χ1) is 10.4. The van der Waals surface area contributed by atoms with Gasteiger partial charge in [-0.3, -0.25) is 9.69 Å². The minimum atomic E-state index is -0.726. The lowest BCUT2D eigenvalue weighted by Crippen LogP contribution is -2.52. The predicted octanol–water partition coefficient (Wildman–Crippen LogP) is 1.89. The molecule has 2 rings (SSSR count). The van der Waals surface area contributed by atoms with E-state index in [0.29, 0.717) is 12.3 Å². The molecule has 1 aliphatic rings. The summed E-state index contributed by atoms with van der Waals surface area (Å²) in [7, 11) is 0. The van der Waals surface area contributed by atoms with Crippen LogP contribution in [0.4, 0.5) is 5.82 Å². The number of rotatable bonds is 5. The third-order valence-corrected chi connectivity index (χ3v) is 4.13. The van der Waals surface area contributed by atoms with Gasteiger partial charge in [0.05, 0.1) is 0 Å². The Morgan fingerprint density at radius 1 is 1.27 bits per heavy atom. The van der Waals surface area contributed by atoms with Gasteiger partial charge in [-0.2, -0.15) is 0 Å². The van der Waals surface area contributed by atoms with Crippen LogP contribution in [0.1, 0.15) is 44.6 Å². The van der Waals surface area contributed by atoms with E-state index in [1.165, 1.54) is 0 Å². The lowest BCUT2D eigenvalue weighted by atomic mass is 10.1. The molecule has 0 spiro atoms. The van der Waals surface area contributed by atoms with Crippen LogP contribution >= 0.6 is 0 Å². The van der Waals surface area contributed by atoms with Crippen molar-refractivity contribution in [1.29, 1.82) is 0 Å². The lowest BCUT2D eigenvalue weighted by Gasteiger charge is -2.38. The Kier molecular flexibility index (Phi) is 5.34. The number of aliphatic carboxylic acids is 1. The average Bonchev–Trinajstić information content (AvgIpc) is 2.47. The van der Waals surface area contributed by atoms with Gasteiger partial charge in [-0.1, -0.05) is 20.8 Å². The molecule has 0 bridgehead atoms. The van der Waals surface area contributed by atoms with Gasteiger partial charge < -0.3 is 10.0 Å². The van der Waals surface area contributed by atoms with Crippen molar-refractivity contribution in [3.05, 3.63) is 17.6 Å². The summed E-state index contributed by atoms with van der Waals surface area (Å²) in [6.07, 6.45) is 0.638. The fraction of sp³-hybridized carbons (Fsp3) is 0.688. The molecule has 1 saturated heterocycles. The van der Waals surface area contributed by atoms with E-state index >= 15 is 0 Å². The van der Waals surface area contributed by atoms with Crippen molar-refractivity contribution in [1.82, 2.24) is 14.9 Å². The highest BCUT2D eigenvalue weighted by molar-refractivity contribution is 5.73. The number of hydrogen-bond acceptors (Lipinski definition) is 5. The minimum absolute atomic E-state index is 0.302. The van der Waals surface area contributed by atoms with Crippen molar-refractivity contribution in [3.8, 4) is 0 Å². The molecule has 1 aromatic rings. The standard InChI is InChI=1S/C16H26N4O2/c1-5-13(16(21)22)19-6-8-20(9-7-19)14-10-12(4)17-15(18-14)11(2)3/h10-11,13H,5-9H2,1-4H3,(H,21,22). The molecule has 0 radical (unpaired) electrons. The molecule has 1 N–H and O–H groups in total. The number of nitrogens with zero attached hydrogens (tertiary/aromatic N) is 4. The zero-order valence-corrected chi connectivity index (χ0v) is 13.9. The molecule has 6 heteroatoms. The molecule has 1 fully saturated rings. The molecule has 1 aromatic heterocycles. The van der Waals surface area contributed by atoms with Crippen LogP contribution in [0.15, 0.2) is 6.07 Å². The zero-order valence-electron chi connectivity index (χ0n) is 13.9. The van der Waals surface area contributed by atoms with Crippen molar-refractivity contribution in [2.24, 2.45) is 0 Å². The van der Waals surface area contributed by atoms with Crippen LogP contribution in [0.3, 0.4) is 0 Å². The van der Waals surface area contributed by atoms with E-state index in [1.54, 1.807) is 0 Å². The van der Waals surface area contributed by atoms with Crippen molar-refractivity contribution in [2.75, 3.05) is 31.1 Å². The highest BCUT2D eigenvalue weighted by atomic mass is 16.4. The summed E-state index contributed by atoms with van der Waals surface area (Å²) in [5, 5.41) is 9.27. The predicted molar refractivity (Wildman–Crippen MR) is 86.4 cm³/mol. The van der Waals surface area contributed by atoms with Crippen molar-refractivity contribution in [3.63, 3.8) is 0 Å². The van der Waals surface area contributed by atoms with E-state index in [0.717, 1.165) is 43.5 Å². The monoisotopic (exact) mass is 306 g/mol. The average molecular weight is 306 g/mol. The quantitative estimate of drug-likeness (QED) is 0.896. The maximum absolute atomic E-state index is 11.3. The van der Waals surface area contributed by atoms with Gasteiger partial charge >= 0.3 is 5.97 Å². The van der Waals surface area contributed by atoms with Gasteiger partial charge in [0.1, 0.15) is 17.7 Å². The maximum atomic E-state index is 11.3.